The van der Waals surface area contributed by atoms with E-state index < -0.39 is 0 Å². The fraction of sp³-hybridized carbons (Fsp3) is 0.368. The number of benzene rings is 1. The molecule has 0 bridgehead atoms. The number of hydrogen-bond donors (Lipinski definition) is 2. The molecular formula is C19H21NO3S. The van der Waals surface area contributed by atoms with Crippen LogP contribution in [0, 0.1) is 5.92 Å². The summed E-state index contributed by atoms with van der Waals surface area (Å²) in [4.78, 5) is 24.5. The number of hydrogen-bond acceptors (Lipinski definition) is 4. The maximum absolute atomic E-state index is 12.4. The lowest BCUT2D eigenvalue weighted by molar-refractivity contribution is -0.122. The highest BCUT2D eigenvalue weighted by molar-refractivity contribution is 7.12. The number of ketones is 1. The van der Waals surface area contributed by atoms with Crippen molar-refractivity contribution in [2.45, 2.75) is 38.3 Å². The minimum atomic E-state index is -0.256. The Morgan fingerprint density at radius 1 is 1.29 bits per heavy atom. The largest absolute Gasteiger partial charge is 0.393 e. The molecular weight excluding hydrogens is 322 g/mol. The van der Waals surface area contributed by atoms with Crippen LogP contribution in [-0.4, -0.2) is 22.9 Å². The molecule has 2 N–H and O–H groups in total. The van der Waals surface area contributed by atoms with Crippen molar-refractivity contribution in [1.29, 1.82) is 0 Å². The predicted molar refractivity (Wildman–Crippen MR) is 94.1 cm³/mol. The van der Waals surface area contributed by atoms with E-state index in [4.69, 9.17) is 0 Å². The van der Waals surface area contributed by atoms with Gasteiger partial charge in [-0.2, -0.15) is 0 Å². The third-order valence-electron chi connectivity index (χ3n) is 4.46. The summed E-state index contributed by atoms with van der Waals surface area (Å²) in [7, 11) is 0. The second kappa shape index (κ2) is 7.28. The molecule has 24 heavy (non-hydrogen) atoms. The molecule has 3 rings (SSSR count). The number of carbonyl (C=O) groups excluding carboxylic acids is 2. The number of carbonyl (C=O) groups is 2. The standard InChI is InChI=1S/C19H21NO3S/c1-12(21)17-7-13(11-24-17)8-18(23)20-19(15-9-16(22)10-15)14-5-3-2-4-6-14/h2-7,11,15-16,19,22H,8-10H2,1H3,(H,20,23)/t15?,16?,19-/m1/s1. The summed E-state index contributed by atoms with van der Waals surface area (Å²) in [6, 6.07) is 11.6. The first kappa shape index (κ1) is 16.9. The zero-order valence-corrected chi connectivity index (χ0v) is 14.4. The zero-order valence-electron chi connectivity index (χ0n) is 13.6. The Morgan fingerprint density at radius 2 is 2.00 bits per heavy atom. The smallest absolute Gasteiger partial charge is 0.224 e. The van der Waals surface area contributed by atoms with E-state index in [0.29, 0.717) is 17.7 Å². The van der Waals surface area contributed by atoms with Crippen molar-refractivity contribution in [1.82, 2.24) is 5.32 Å². The first-order chi connectivity index (χ1) is 11.5. The van der Waals surface area contributed by atoms with E-state index in [1.54, 1.807) is 6.07 Å². The van der Waals surface area contributed by atoms with Crippen LogP contribution >= 0.6 is 11.3 Å². The van der Waals surface area contributed by atoms with Gasteiger partial charge in [-0.05, 0) is 48.3 Å². The molecule has 2 aromatic rings. The third kappa shape index (κ3) is 3.91. The van der Waals surface area contributed by atoms with Gasteiger partial charge >= 0.3 is 0 Å². The molecule has 1 atom stereocenters. The first-order valence-electron chi connectivity index (χ1n) is 8.13. The van der Waals surface area contributed by atoms with Gasteiger partial charge in [0.1, 0.15) is 0 Å². The number of thiophene rings is 1. The second-order valence-corrected chi connectivity index (χ2v) is 7.30. The Labute approximate surface area is 145 Å². The Bertz CT molecular complexity index is 719. The van der Waals surface area contributed by atoms with Crippen molar-refractivity contribution in [3.8, 4) is 0 Å². The number of amides is 1. The van der Waals surface area contributed by atoms with E-state index in [2.05, 4.69) is 5.32 Å². The van der Waals surface area contributed by atoms with Gasteiger partial charge in [-0.3, -0.25) is 9.59 Å². The number of aliphatic hydroxyl groups excluding tert-OH is 1. The molecule has 1 fully saturated rings. The predicted octanol–water partition coefficient (Wildman–Crippen LogP) is 3.12. The molecule has 1 aliphatic carbocycles. The van der Waals surface area contributed by atoms with Crippen LogP contribution in [0.4, 0.5) is 0 Å². The third-order valence-corrected chi connectivity index (χ3v) is 5.54. The molecule has 126 valence electrons. The van der Waals surface area contributed by atoms with E-state index in [1.807, 2.05) is 35.7 Å². The number of aliphatic hydroxyl groups is 1. The van der Waals surface area contributed by atoms with Crippen LogP contribution in [0.1, 0.15) is 46.6 Å². The van der Waals surface area contributed by atoms with Gasteiger partial charge in [0.25, 0.3) is 0 Å². The maximum Gasteiger partial charge on any atom is 0.224 e. The molecule has 1 aliphatic rings. The molecule has 1 aromatic carbocycles. The van der Waals surface area contributed by atoms with Gasteiger partial charge < -0.3 is 10.4 Å². The van der Waals surface area contributed by atoms with E-state index >= 15 is 0 Å². The highest BCUT2D eigenvalue weighted by Crippen LogP contribution is 2.38. The highest BCUT2D eigenvalue weighted by Gasteiger charge is 2.35. The van der Waals surface area contributed by atoms with Gasteiger partial charge in [0.15, 0.2) is 5.78 Å². The van der Waals surface area contributed by atoms with Crippen molar-refractivity contribution >= 4 is 23.0 Å². The summed E-state index contributed by atoms with van der Waals surface area (Å²) in [6.45, 7) is 1.53. The van der Waals surface area contributed by atoms with Crippen LogP contribution in [-0.2, 0) is 11.2 Å². The Hall–Kier alpha value is -1.98. The molecule has 1 amide bonds. The first-order valence-corrected chi connectivity index (χ1v) is 9.01. The molecule has 1 saturated carbocycles. The summed E-state index contributed by atoms with van der Waals surface area (Å²) in [5.74, 6) is 0.233. The maximum atomic E-state index is 12.4. The lowest BCUT2D eigenvalue weighted by Gasteiger charge is -2.38. The van der Waals surface area contributed by atoms with Gasteiger partial charge in [0.2, 0.25) is 5.91 Å². The monoisotopic (exact) mass is 343 g/mol. The fourth-order valence-corrected chi connectivity index (χ4v) is 3.91. The summed E-state index contributed by atoms with van der Waals surface area (Å²) in [6.07, 6.45) is 1.44. The van der Waals surface area contributed by atoms with E-state index in [1.165, 1.54) is 18.3 Å². The van der Waals surface area contributed by atoms with Crippen molar-refractivity contribution in [3.05, 3.63) is 57.8 Å². The normalized spacial score (nSPS) is 20.9. The Balaban J connectivity index is 1.67. The van der Waals surface area contributed by atoms with E-state index in [9.17, 15) is 14.7 Å². The van der Waals surface area contributed by atoms with Crippen molar-refractivity contribution in [2.24, 2.45) is 5.92 Å². The molecule has 0 aliphatic heterocycles. The fourth-order valence-electron chi connectivity index (χ4n) is 3.10. The molecule has 4 nitrogen and oxygen atoms in total. The lowest BCUT2D eigenvalue weighted by Crippen LogP contribution is -2.41. The van der Waals surface area contributed by atoms with Crippen LogP contribution in [0.25, 0.3) is 0 Å². The summed E-state index contributed by atoms with van der Waals surface area (Å²) in [5.41, 5.74) is 1.93. The highest BCUT2D eigenvalue weighted by atomic mass is 32.1. The van der Waals surface area contributed by atoms with Crippen molar-refractivity contribution in [3.63, 3.8) is 0 Å². The van der Waals surface area contributed by atoms with Crippen molar-refractivity contribution in [2.75, 3.05) is 0 Å². The second-order valence-electron chi connectivity index (χ2n) is 6.39. The van der Waals surface area contributed by atoms with Gasteiger partial charge in [0.05, 0.1) is 23.4 Å². The quantitative estimate of drug-likeness (QED) is 0.792. The topological polar surface area (TPSA) is 66.4 Å². The Kier molecular flexibility index (Phi) is 5.11. The van der Waals surface area contributed by atoms with E-state index in [-0.39, 0.29) is 36.2 Å². The minimum absolute atomic E-state index is 0.0253. The van der Waals surface area contributed by atoms with Gasteiger partial charge in [0, 0.05) is 0 Å². The van der Waals surface area contributed by atoms with Crippen LogP contribution < -0.4 is 5.32 Å². The molecule has 1 heterocycles. The SMILES string of the molecule is CC(=O)c1cc(CC(=O)N[C@H](c2ccccc2)C2CC(O)C2)cs1. The number of Topliss-reactive ketones (excluding diaryl/α,β-unsaturated/α-hetero) is 1. The van der Waals surface area contributed by atoms with Gasteiger partial charge in [-0.25, -0.2) is 0 Å². The lowest BCUT2D eigenvalue weighted by atomic mass is 9.75. The van der Waals surface area contributed by atoms with Gasteiger partial charge in [-0.1, -0.05) is 30.3 Å². The summed E-state index contributed by atoms with van der Waals surface area (Å²) >= 11 is 1.37. The average molecular weight is 343 g/mol. The molecule has 0 radical (unpaired) electrons. The van der Waals surface area contributed by atoms with Crippen LogP contribution in [0.5, 0.6) is 0 Å². The number of nitrogens with one attached hydrogen (secondary N) is 1. The number of rotatable bonds is 6. The van der Waals surface area contributed by atoms with Crippen molar-refractivity contribution < 1.29 is 14.7 Å². The van der Waals surface area contributed by atoms with Crippen LogP contribution in [0.15, 0.2) is 41.8 Å². The molecule has 0 spiro atoms. The molecule has 5 heteroatoms. The minimum Gasteiger partial charge on any atom is -0.393 e. The van der Waals surface area contributed by atoms with Gasteiger partial charge in [-0.15, -0.1) is 11.3 Å². The molecule has 0 saturated heterocycles. The van der Waals surface area contributed by atoms with E-state index in [0.717, 1.165) is 11.1 Å². The summed E-state index contributed by atoms with van der Waals surface area (Å²) < 4.78 is 0. The molecule has 1 aromatic heterocycles. The van der Waals surface area contributed by atoms with Crippen LogP contribution in [0.2, 0.25) is 0 Å². The Morgan fingerprint density at radius 3 is 2.58 bits per heavy atom. The molecule has 0 unspecified atom stereocenters. The van der Waals surface area contributed by atoms with Crippen LogP contribution in [0.3, 0.4) is 0 Å². The zero-order chi connectivity index (χ0) is 17.1. The average Bonchev–Trinajstić information content (AvgIpc) is 2.99. The summed E-state index contributed by atoms with van der Waals surface area (Å²) in [5, 5.41) is 14.6.